The zero-order chi connectivity index (χ0) is 18.1. The lowest BCUT2D eigenvalue weighted by Gasteiger charge is -2.15. The van der Waals surface area contributed by atoms with E-state index in [4.69, 9.17) is 28.6 Å². The number of methoxy groups -OCH3 is 1. The summed E-state index contributed by atoms with van der Waals surface area (Å²) in [6.45, 7) is 0. The Labute approximate surface area is 166 Å². The molecule has 0 atom stereocenters. The third-order valence-corrected chi connectivity index (χ3v) is 5.63. The molecule has 0 N–H and O–H groups in total. The molecule has 128 valence electrons. The highest BCUT2D eigenvalue weighted by atomic mass is 79.9. The maximum Gasteiger partial charge on any atom is 0.270 e. The number of benzene rings is 2. The standard InChI is InChI=1S/C17H10BrClFNO2S2/c1-23-14-5-3-10(8-12(14)19)21-16(22)15(25-17(21)24)7-9-2-4-13(20)11(18)6-9/h2-8H,1H3/b15-7+. The van der Waals surface area contributed by atoms with Crippen molar-refractivity contribution in [2.24, 2.45) is 0 Å². The van der Waals surface area contributed by atoms with Crippen LogP contribution in [0.2, 0.25) is 5.02 Å². The van der Waals surface area contributed by atoms with Gasteiger partial charge in [0.2, 0.25) is 0 Å². The molecule has 0 saturated carbocycles. The molecule has 1 amide bonds. The Bertz CT molecular complexity index is 920. The summed E-state index contributed by atoms with van der Waals surface area (Å²) in [5, 5.41) is 0.389. The molecule has 1 saturated heterocycles. The molecule has 3 rings (SSSR count). The van der Waals surface area contributed by atoms with Crippen LogP contribution in [0.25, 0.3) is 6.08 Å². The molecular formula is C17H10BrClFNO2S2. The number of carbonyl (C=O) groups is 1. The quantitative estimate of drug-likeness (QED) is 0.439. The van der Waals surface area contributed by atoms with Gasteiger partial charge in [-0.2, -0.15) is 0 Å². The van der Waals surface area contributed by atoms with Gasteiger partial charge in [-0.15, -0.1) is 0 Å². The Kier molecular flexibility index (Phi) is 5.48. The molecule has 0 aromatic heterocycles. The van der Waals surface area contributed by atoms with Gasteiger partial charge in [0.25, 0.3) is 5.91 Å². The van der Waals surface area contributed by atoms with Crippen molar-refractivity contribution in [3.63, 3.8) is 0 Å². The summed E-state index contributed by atoms with van der Waals surface area (Å²) in [7, 11) is 1.52. The van der Waals surface area contributed by atoms with Crippen LogP contribution in [0.1, 0.15) is 5.56 Å². The highest BCUT2D eigenvalue weighted by Crippen LogP contribution is 2.38. The molecule has 8 heteroatoms. The number of ether oxygens (including phenoxy) is 1. The van der Waals surface area contributed by atoms with Crippen LogP contribution < -0.4 is 9.64 Å². The topological polar surface area (TPSA) is 29.5 Å². The van der Waals surface area contributed by atoms with E-state index in [0.29, 0.717) is 35.7 Å². The van der Waals surface area contributed by atoms with Gasteiger partial charge in [0.1, 0.15) is 11.6 Å². The Hall–Kier alpha value is -1.41. The van der Waals surface area contributed by atoms with E-state index in [1.165, 1.54) is 29.8 Å². The maximum atomic E-state index is 13.3. The van der Waals surface area contributed by atoms with Gasteiger partial charge in [-0.25, -0.2) is 4.39 Å². The van der Waals surface area contributed by atoms with Crippen LogP contribution in [-0.4, -0.2) is 17.3 Å². The molecule has 3 nitrogen and oxygen atoms in total. The summed E-state index contributed by atoms with van der Waals surface area (Å²) in [6.07, 6.45) is 1.68. The van der Waals surface area contributed by atoms with Gasteiger partial charge < -0.3 is 4.74 Å². The van der Waals surface area contributed by atoms with Crippen LogP contribution in [0.15, 0.2) is 45.8 Å². The van der Waals surface area contributed by atoms with E-state index >= 15 is 0 Å². The predicted molar refractivity (Wildman–Crippen MR) is 108 cm³/mol. The van der Waals surface area contributed by atoms with Crippen molar-refractivity contribution < 1.29 is 13.9 Å². The molecule has 2 aromatic carbocycles. The average Bonchev–Trinajstić information content (AvgIpc) is 2.85. The Balaban J connectivity index is 1.93. The lowest BCUT2D eigenvalue weighted by molar-refractivity contribution is -0.113. The highest BCUT2D eigenvalue weighted by Gasteiger charge is 2.33. The van der Waals surface area contributed by atoms with Crippen molar-refractivity contribution >= 4 is 73.5 Å². The summed E-state index contributed by atoms with van der Waals surface area (Å²) >= 11 is 15.8. The number of hydrogen-bond acceptors (Lipinski definition) is 4. The third-order valence-electron chi connectivity index (χ3n) is 3.43. The van der Waals surface area contributed by atoms with E-state index < -0.39 is 0 Å². The first kappa shape index (κ1) is 18.4. The molecule has 0 aliphatic carbocycles. The van der Waals surface area contributed by atoms with Gasteiger partial charge in [-0.3, -0.25) is 9.69 Å². The van der Waals surface area contributed by atoms with E-state index in [1.54, 1.807) is 36.4 Å². The number of carbonyl (C=O) groups excluding carboxylic acids is 1. The number of anilines is 1. The van der Waals surface area contributed by atoms with E-state index in [2.05, 4.69) is 15.9 Å². The number of amides is 1. The molecule has 0 radical (unpaired) electrons. The lowest BCUT2D eigenvalue weighted by Crippen LogP contribution is -2.27. The molecular weight excluding hydrogens is 449 g/mol. The fourth-order valence-corrected chi connectivity index (χ4v) is 4.19. The van der Waals surface area contributed by atoms with E-state index in [0.717, 1.165) is 0 Å². The van der Waals surface area contributed by atoms with Gasteiger partial charge >= 0.3 is 0 Å². The van der Waals surface area contributed by atoms with Crippen LogP contribution in [0, 0.1) is 5.82 Å². The third kappa shape index (κ3) is 3.74. The molecule has 1 heterocycles. The first-order valence-corrected chi connectivity index (χ1v) is 9.37. The highest BCUT2D eigenvalue weighted by molar-refractivity contribution is 9.10. The average molecular weight is 459 g/mol. The fraction of sp³-hybridized carbons (Fsp3) is 0.0588. The second kappa shape index (κ2) is 7.45. The number of rotatable bonds is 3. The Morgan fingerprint density at radius 1 is 1.32 bits per heavy atom. The van der Waals surface area contributed by atoms with Crippen LogP contribution in [-0.2, 0) is 4.79 Å². The molecule has 25 heavy (non-hydrogen) atoms. The molecule has 1 aliphatic heterocycles. The second-order valence-corrected chi connectivity index (χ2v) is 7.95. The summed E-state index contributed by atoms with van der Waals surface area (Å²) in [5.41, 5.74) is 1.26. The van der Waals surface area contributed by atoms with Gasteiger partial charge in [0, 0.05) is 0 Å². The molecule has 1 fully saturated rings. The molecule has 0 bridgehead atoms. The number of thioether (sulfide) groups is 1. The largest absolute Gasteiger partial charge is 0.495 e. The second-order valence-electron chi connectivity index (χ2n) is 5.01. The van der Waals surface area contributed by atoms with Gasteiger partial charge in [-0.05, 0) is 57.9 Å². The number of nitrogens with zero attached hydrogens (tertiary/aromatic N) is 1. The number of hydrogen-bond donors (Lipinski definition) is 0. The first-order valence-electron chi connectivity index (χ1n) is 6.97. The maximum absolute atomic E-state index is 13.3. The minimum atomic E-state index is -0.363. The Morgan fingerprint density at radius 3 is 2.72 bits per heavy atom. The van der Waals surface area contributed by atoms with Gasteiger partial charge in [0.15, 0.2) is 4.32 Å². The zero-order valence-corrected chi connectivity index (χ0v) is 16.7. The zero-order valence-electron chi connectivity index (χ0n) is 12.8. The summed E-state index contributed by atoms with van der Waals surface area (Å²) in [6, 6.07) is 9.55. The monoisotopic (exact) mass is 457 g/mol. The summed E-state index contributed by atoms with van der Waals surface area (Å²) in [4.78, 5) is 14.6. The van der Waals surface area contributed by atoms with Crippen LogP contribution >= 0.6 is 51.5 Å². The predicted octanol–water partition coefficient (Wildman–Crippen LogP) is 5.66. The molecule has 0 unspecified atom stereocenters. The van der Waals surface area contributed by atoms with Crippen LogP contribution in [0.3, 0.4) is 0 Å². The van der Waals surface area contributed by atoms with E-state index in [9.17, 15) is 9.18 Å². The van der Waals surface area contributed by atoms with Crippen molar-refractivity contribution in [1.82, 2.24) is 0 Å². The van der Waals surface area contributed by atoms with Crippen LogP contribution in [0.5, 0.6) is 5.75 Å². The number of halogens is 3. The minimum absolute atomic E-state index is 0.253. The SMILES string of the molecule is COc1ccc(N2C(=O)/C(=C\c3ccc(F)c(Br)c3)SC2=S)cc1Cl. The van der Waals surface area contributed by atoms with Gasteiger partial charge in [0.05, 0.1) is 27.2 Å². The molecule has 1 aliphatic rings. The van der Waals surface area contributed by atoms with Crippen molar-refractivity contribution in [2.45, 2.75) is 0 Å². The summed E-state index contributed by atoms with van der Waals surface area (Å²) < 4.78 is 19.2. The summed E-state index contributed by atoms with van der Waals surface area (Å²) in [5.74, 6) is -0.100. The lowest BCUT2D eigenvalue weighted by atomic mass is 10.2. The van der Waals surface area contributed by atoms with Crippen molar-refractivity contribution in [2.75, 3.05) is 12.0 Å². The Morgan fingerprint density at radius 2 is 2.08 bits per heavy atom. The minimum Gasteiger partial charge on any atom is -0.495 e. The van der Waals surface area contributed by atoms with Crippen LogP contribution in [0.4, 0.5) is 10.1 Å². The molecule has 2 aromatic rings. The number of thiocarbonyl (C=S) groups is 1. The fourth-order valence-electron chi connectivity index (χ4n) is 2.24. The van der Waals surface area contributed by atoms with Crippen molar-refractivity contribution in [3.05, 3.63) is 62.2 Å². The normalized spacial score (nSPS) is 16.0. The van der Waals surface area contributed by atoms with Crippen molar-refractivity contribution in [3.8, 4) is 5.75 Å². The van der Waals surface area contributed by atoms with E-state index in [1.807, 2.05) is 0 Å². The van der Waals surface area contributed by atoms with Crippen molar-refractivity contribution in [1.29, 1.82) is 0 Å². The smallest absolute Gasteiger partial charge is 0.270 e. The molecule has 0 spiro atoms. The van der Waals surface area contributed by atoms with E-state index in [-0.39, 0.29) is 11.7 Å². The first-order chi connectivity index (χ1) is 11.9. The van der Waals surface area contributed by atoms with Gasteiger partial charge in [-0.1, -0.05) is 41.6 Å².